The fourth-order valence-corrected chi connectivity index (χ4v) is 5.67. The SMILES string of the molecule is c1ccc(-c2cc3c4nccc5c6ccccc6n(c54)c3n2C2CCCCC2)nc1. The summed E-state index contributed by atoms with van der Waals surface area (Å²) in [6.07, 6.45) is 10.3. The molecule has 0 radical (unpaired) electrons. The number of benzene rings is 1. The summed E-state index contributed by atoms with van der Waals surface area (Å²) in [5.41, 5.74) is 7.16. The summed E-state index contributed by atoms with van der Waals surface area (Å²) in [5, 5.41) is 3.84. The Balaban J connectivity index is 1.69. The largest absolute Gasteiger partial charge is 0.322 e. The smallest absolute Gasteiger partial charge is 0.128 e. The van der Waals surface area contributed by atoms with Crippen LogP contribution in [0.2, 0.25) is 0 Å². The van der Waals surface area contributed by atoms with Gasteiger partial charge in [0.1, 0.15) is 5.65 Å². The van der Waals surface area contributed by atoms with Crippen LogP contribution in [0, 0.1) is 0 Å². The first-order chi connectivity index (χ1) is 14.9. The monoisotopic (exact) mass is 390 g/mol. The van der Waals surface area contributed by atoms with Crippen LogP contribution in [-0.4, -0.2) is 18.9 Å². The van der Waals surface area contributed by atoms with Gasteiger partial charge in [-0.1, -0.05) is 43.5 Å². The van der Waals surface area contributed by atoms with Crippen molar-refractivity contribution < 1.29 is 0 Å². The number of pyridine rings is 2. The summed E-state index contributed by atoms with van der Waals surface area (Å²) >= 11 is 0. The fourth-order valence-electron chi connectivity index (χ4n) is 5.67. The summed E-state index contributed by atoms with van der Waals surface area (Å²) in [4.78, 5) is 9.57. The molecule has 4 heteroatoms. The minimum Gasteiger partial charge on any atom is -0.322 e. The Hall–Kier alpha value is -3.40. The van der Waals surface area contributed by atoms with E-state index in [1.54, 1.807) is 0 Å². The van der Waals surface area contributed by atoms with E-state index in [1.165, 1.54) is 70.6 Å². The van der Waals surface area contributed by atoms with Crippen LogP contribution in [0.5, 0.6) is 0 Å². The maximum atomic E-state index is 4.85. The Kier molecular flexibility index (Phi) is 3.31. The number of nitrogens with zero attached hydrogens (tertiary/aromatic N) is 4. The van der Waals surface area contributed by atoms with Gasteiger partial charge in [-0.25, -0.2) is 0 Å². The van der Waals surface area contributed by atoms with Crippen molar-refractivity contribution in [2.45, 2.75) is 38.1 Å². The van der Waals surface area contributed by atoms with Crippen molar-refractivity contribution in [2.75, 3.05) is 0 Å². The minimum atomic E-state index is 0.505. The quantitative estimate of drug-likeness (QED) is 0.334. The lowest BCUT2D eigenvalue weighted by Gasteiger charge is -2.26. The van der Waals surface area contributed by atoms with E-state index in [0.29, 0.717) is 6.04 Å². The van der Waals surface area contributed by atoms with Gasteiger partial charge in [-0.2, -0.15) is 0 Å². The molecular formula is C26H22N4. The van der Waals surface area contributed by atoms with E-state index in [9.17, 15) is 0 Å². The van der Waals surface area contributed by atoms with Crippen molar-refractivity contribution in [2.24, 2.45) is 0 Å². The van der Waals surface area contributed by atoms with E-state index in [4.69, 9.17) is 9.97 Å². The molecule has 0 atom stereocenters. The topological polar surface area (TPSA) is 35.1 Å². The second kappa shape index (κ2) is 6.05. The number of hydrogen-bond acceptors (Lipinski definition) is 2. The number of hydrogen-bond donors (Lipinski definition) is 0. The molecule has 6 aromatic rings. The second-order valence-corrected chi connectivity index (χ2v) is 8.55. The molecule has 146 valence electrons. The van der Waals surface area contributed by atoms with Gasteiger partial charge in [0.05, 0.1) is 27.9 Å². The number of fused-ring (bicyclic) bond motifs is 6. The zero-order chi connectivity index (χ0) is 19.7. The molecule has 0 N–H and O–H groups in total. The molecule has 1 aromatic carbocycles. The van der Waals surface area contributed by atoms with Gasteiger partial charge in [-0.3, -0.25) is 14.4 Å². The number of rotatable bonds is 2. The molecule has 0 spiro atoms. The van der Waals surface area contributed by atoms with E-state index in [-0.39, 0.29) is 0 Å². The van der Waals surface area contributed by atoms with Crippen LogP contribution in [0.3, 0.4) is 0 Å². The summed E-state index contributed by atoms with van der Waals surface area (Å²) < 4.78 is 5.05. The molecule has 7 rings (SSSR count). The Morgan fingerprint density at radius 3 is 2.50 bits per heavy atom. The molecule has 4 nitrogen and oxygen atoms in total. The molecule has 1 saturated carbocycles. The lowest BCUT2D eigenvalue weighted by molar-refractivity contribution is 0.361. The molecule has 0 aliphatic heterocycles. The van der Waals surface area contributed by atoms with E-state index < -0.39 is 0 Å². The summed E-state index contributed by atoms with van der Waals surface area (Å²) in [6.45, 7) is 0. The highest BCUT2D eigenvalue weighted by molar-refractivity contribution is 6.22. The minimum absolute atomic E-state index is 0.505. The molecule has 0 unspecified atom stereocenters. The normalized spacial score (nSPS) is 15.9. The third-order valence-electron chi connectivity index (χ3n) is 6.93. The van der Waals surface area contributed by atoms with E-state index >= 15 is 0 Å². The van der Waals surface area contributed by atoms with Crippen molar-refractivity contribution in [1.29, 1.82) is 0 Å². The number of aromatic nitrogens is 4. The first-order valence-electron chi connectivity index (χ1n) is 11.0. The molecular weight excluding hydrogens is 368 g/mol. The van der Waals surface area contributed by atoms with E-state index in [1.807, 2.05) is 18.5 Å². The molecule has 0 bridgehead atoms. The maximum Gasteiger partial charge on any atom is 0.128 e. The predicted molar refractivity (Wildman–Crippen MR) is 122 cm³/mol. The third-order valence-corrected chi connectivity index (χ3v) is 6.93. The Morgan fingerprint density at radius 1 is 0.767 bits per heavy atom. The van der Waals surface area contributed by atoms with Gasteiger partial charge >= 0.3 is 0 Å². The molecule has 5 heterocycles. The van der Waals surface area contributed by atoms with Crippen LogP contribution in [-0.2, 0) is 0 Å². The van der Waals surface area contributed by atoms with Crippen LogP contribution in [0.1, 0.15) is 38.1 Å². The van der Waals surface area contributed by atoms with Crippen molar-refractivity contribution in [3.05, 3.63) is 67.0 Å². The van der Waals surface area contributed by atoms with Gasteiger partial charge in [0.2, 0.25) is 0 Å². The maximum absolute atomic E-state index is 4.85. The molecule has 30 heavy (non-hydrogen) atoms. The first-order valence-corrected chi connectivity index (χ1v) is 11.0. The molecule has 1 aliphatic rings. The molecule has 1 fully saturated rings. The van der Waals surface area contributed by atoms with Crippen LogP contribution < -0.4 is 0 Å². The highest BCUT2D eigenvalue weighted by Crippen LogP contribution is 2.43. The van der Waals surface area contributed by atoms with Crippen molar-refractivity contribution in [3.63, 3.8) is 0 Å². The highest BCUT2D eigenvalue weighted by atomic mass is 15.1. The summed E-state index contributed by atoms with van der Waals surface area (Å²) in [7, 11) is 0. The van der Waals surface area contributed by atoms with Crippen LogP contribution in [0.25, 0.3) is 49.7 Å². The van der Waals surface area contributed by atoms with Gasteiger partial charge in [0, 0.05) is 34.6 Å². The second-order valence-electron chi connectivity index (χ2n) is 8.55. The lowest BCUT2D eigenvalue weighted by Crippen LogP contribution is -2.14. The number of para-hydroxylation sites is 1. The fraction of sp³-hybridized carbons (Fsp3) is 0.231. The van der Waals surface area contributed by atoms with Crippen molar-refractivity contribution in [1.82, 2.24) is 18.9 Å². The zero-order valence-electron chi connectivity index (χ0n) is 16.8. The average Bonchev–Trinajstić information content (AvgIpc) is 3.46. The van der Waals surface area contributed by atoms with E-state index in [0.717, 1.165) is 11.2 Å². The Morgan fingerprint density at radius 2 is 1.63 bits per heavy atom. The first kappa shape index (κ1) is 16.4. The highest BCUT2D eigenvalue weighted by Gasteiger charge is 2.27. The van der Waals surface area contributed by atoms with Crippen LogP contribution in [0.15, 0.2) is 67.0 Å². The molecule has 0 amide bonds. The van der Waals surface area contributed by atoms with Gasteiger partial charge in [-0.05, 0) is 43.2 Å². The van der Waals surface area contributed by atoms with Crippen molar-refractivity contribution >= 4 is 38.4 Å². The summed E-state index contributed by atoms with van der Waals surface area (Å²) in [6, 6.07) is 20.0. The lowest BCUT2D eigenvalue weighted by atomic mass is 9.95. The van der Waals surface area contributed by atoms with E-state index in [2.05, 4.69) is 57.5 Å². The third kappa shape index (κ3) is 2.06. The summed E-state index contributed by atoms with van der Waals surface area (Å²) in [5.74, 6) is 0. The molecule has 5 aromatic heterocycles. The predicted octanol–water partition coefficient (Wildman–Crippen LogP) is 6.60. The van der Waals surface area contributed by atoms with Gasteiger partial charge in [0.25, 0.3) is 0 Å². The van der Waals surface area contributed by atoms with Crippen molar-refractivity contribution in [3.8, 4) is 11.4 Å². The Bertz CT molecular complexity index is 1520. The molecule has 0 saturated heterocycles. The van der Waals surface area contributed by atoms with Gasteiger partial charge < -0.3 is 4.57 Å². The average molecular weight is 390 g/mol. The van der Waals surface area contributed by atoms with Crippen LogP contribution in [0.4, 0.5) is 0 Å². The standard InChI is InChI=1S/C26H22N4/c1-2-8-17(9-3-1)29-23(21-11-6-7-14-27-21)16-20-24-25-19(13-15-28-24)18-10-4-5-12-22(18)30(25)26(20)29/h4-7,10-17H,1-3,8-9H2. The van der Waals surface area contributed by atoms with Gasteiger partial charge in [0.15, 0.2) is 0 Å². The molecule has 1 aliphatic carbocycles. The van der Waals surface area contributed by atoms with Gasteiger partial charge in [-0.15, -0.1) is 0 Å². The van der Waals surface area contributed by atoms with Crippen LogP contribution >= 0.6 is 0 Å². The zero-order valence-corrected chi connectivity index (χ0v) is 16.8. The Labute approximate surface area is 174 Å².